The molecule has 0 fully saturated rings. The van der Waals surface area contributed by atoms with Gasteiger partial charge >= 0.3 is 0 Å². The maximum absolute atomic E-state index is 5.30. The summed E-state index contributed by atoms with van der Waals surface area (Å²) < 4.78 is 0. The first kappa shape index (κ1) is 11.0. The average Bonchev–Trinajstić information content (AvgIpc) is 2.42. The first-order valence-corrected chi connectivity index (χ1v) is 5.20. The molecule has 0 amide bonds. The number of nitrogens with two attached hydrogens (primary N) is 1. The number of rotatable bonds is 2. The minimum atomic E-state index is 0.412. The van der Waals surface area contributed by atoms with Gasteiger partial charge in [-0.2, -0.15) is 5.10 Å². The zero-order valence-electron chi connectivity index (χ0n) is 9.19. The highest BCUT2D eigenvalue weighted by atomic mass is 15.2. The molecule has 17 heavy (non-hydrogen) atoms. The molecular formula is C13H12N4. The molecule has 0 spiro atoms. The summed E-state index contributed by atoms with van der Waals surface area (Å²) in [5.74, 6) is 5.71. The van der Waals surface area contributed by atoms with Crippen molar-refractivity contribution in [2.45, 2.75) is 0 Å². The van der Waals surface area contributed by atoms with Crippen molar-refractivity contribution in [2.75, 3.05) is 0 Å². The quantitative estimate of drug-likeness (QED) is 0.275. The van der Waals surface area contributed by atoms with Crippen molar-refractivity contribution in [1.82, 2.24) is 0 Å². The average molecular weight is 224 g/mol. The van der Waals surface area contributed by atoms with Crippen LogP contribution in [0.15, 0.2) is 76.0 Å². The van der Waals surface area contributed by atoms with Gasteiger partial charge in [0.25, 0.3) is 0 Å². The molecule has 0 atom stereocenters. The fraction of sp³-hybridized carbons (Fsp3) is 0. The van der Waals surface area contributed by atoms with Gasteiger partial charge < -0.3 is 5.84 Å². The lowest BCUT2D eigenvalue weighted by Crippen LogP contribution is -1.99. The van der Waals surface area contributed by atoms with E-state index in [-0.39, 0.29) is 0 Å². The van der Waals surface area contributed by atoms with E-state index in [4.69, 9.17) is 5.84 Å². The summed E-state index contributed by atoms with van der Waals surface area (Å²) in [6, 6.07) is 18.9. The molecule has 0 bridgehead atoms. The second kappa shape index (κ2) is 5.55. The molecule has 2 N–H and O–H groups in total. The molecule has 2 rings (SSSR count). The number of hydrogen-bond acceptors (Lipinski definition) is 3. The monoisotopic (exact) mass is 224 g/mol. The molecule has 0 unspecified atom stereocenters. The van der Waals surface area contributed by atoms with Gasteiger partial charge in [-0.3, -0.25) is 0 Å². The van der Waals surface area contributed by atoms with Crippen LogP contribution in [0.3, 0.4) is 0 Å². The van der Waals surface area contributed by atoms with E-state index in [1.165, 1.54) is 0 Å². The van der Waals surface area contributed by atoms with Crippen molar-refractivity contribution in [3.63, 3.8) is 0 Å². The largest absolute Gasteiger partial charge is 0.321 e. The maximum Gasteiger partial charge on any atom is 0.200 e. The lowest BCUT2D eigenvalue weighted by Gasteiger charge is -1.97. The molecule has 0 aliphatic carbocycles. The van der Waals surface area contributed by atoms with Gasteiger partial charge in [-0.25, -0.2) is 0 Å². The van der Waals surface area contributed by atoms with Crippen LogP contribution in [-0.2, 0) is 0 Å². The van der Waals surface area contributed by atoms with E-state index in [1.54, 1.807) is 0 Å². The van der Waals surface area contributed by atoms with Crippen LogP contribution in [0.25, 0.3) is 0 Å². The van der Waals surface area contributed by atoms with Crippen molar-refractivity contribution in [1.29, 1.82) is 0 Å². The Hall–Kier alpha value is -2.49. The van der Waals surface area contributed by atoms with E-state index >= 15 is 0 Å². The number of hydrogen-bond donors (Lipinski definition) is 1. The van der Waals surface area contributed by atoms with E-state index in [0.717, 1.165) is 11.3 Å². The highest BCUT2D eigenvalue weighted by molar-refractivity contribution is 5.98. The van der Waals surface area contributed by atoms with Crippen LogP contribution in [0, 0.1) is 0 Å². The first-order chi connectivity index (χ1) is 8.40. The molecular weight excluding hydrogens is 212 g/mol. The van der Waals surface area contributed by atoms with Gasteiger partial charge in [0.15, 0.2) is 5.84 Å². The van der Waals surface area contributed by atoms with Crippen LogP contribution in [-0.4, -0.2) is 5.84 Å². The summed E-state index contributed by atoms with van der Waals surface area (Å²) in [5, 5.41) is 11.7. The highest BCUT2D eigenvalue weighted by Gasteiger charge is 1.99. The van der Waals surface area contributed by atoms with Gasteiger partial charge in [0.05, 0.1) is 5.69 Å². The number of azo groups is 1. The van der Waals surface area contributed by atoms with Crippen molar-refractivity contribution < 1.29 is 0 Å². The minimum absolute atomic E-state index is 0.412. The van der Waals surface area contributed by atoms with Gasteiger partial charge in [0, 0.05) is 5.56 Å². The third-order valence-corrected chi connectivity index (χ3v) is 2.17. The topological polar surface area (TPSA) is 63.1 Å². The first-order valence-electron chi connectivity index (χ1n) is 5.20. The van der Waals surface area contributed by atoms with Gasteiger partial charge in [-0.05, 0) is 12.1 Å². The van der Waals surface area contributed by atoms with Crippen LogP contribution >= 0.6 is 0 Å². The van der Waals surface area contributed by atoms with E-state index in [9.17, 15) is 0 Å². The van der Waals surface area contributed by atoms with Crippen LogP contribution < -0.4 is 5.84 Å². The Kier molecular flexibility index (Phi) is 3.60. The van der Waals surface area contributed by atoms with Crippen molar-refractivity contribution in [2.24, 2.45) is 21.2 Å². The third-order valence-electron chi connectivity index (χ3n) is 2.17. The van der Waals surface area contributed by atoms with Crippen LogP contribution in [0.5, 0.6) is 0 Å². The zero-order valence-corrected chi connectivity index (χ0v) is 9.19. The van der Waals surface area contributed by atoms with Crippen LogP contribution in [0.4, 0.5) is 5.69 Å². The number of nitrogens with zero attached hydrogens (tertiary/aromatic N) is 3. The lowest BCUT2D eigenvalue weighted by atomic mass is 10.2. The smallest absolute Gasteiger partial charge is 0.200 e. The molecule has 4 nitrogen and oxygen atoms in total. The molecule has 0 heterocycles. The van der Waals surface area contributed by atoms with E-state index in [0.29, 0.717) is 5.84 Å². The third kappa shape index (κ3) is 2.98. The molecule has 2 aromatic rings. The SMILES string of the molecule is N/N=C(\N=Nc1ccccc1)c1ccccc1. The molecule has 0 radical (unpaired) electrons. The Labute approximate surface area is 99.5 Å². The summed E-state index contributed by atoms with van der Waals surface area (Å²) in [5.41, 5.74) is 1.61. The van der Waals surface area contributed by atoms with Crippen LogP contribution in [0.1, 0.15) is 5.56 Å². The fourth-order valence-corrected chi connectivity index (χ4v) is 1.35. The van der Waals surface area contributed by atoms with Gasteiger partial charge in [0.1, 0.15) is 0 Å². The van der Waals surface area contributed by atoms with Crippen molar-refractivity contribution in [3.8, 4) is 0 Å². The van der Waals surface area contributed by atoms with E-state index in [1.807, 2.05) is 60.7 Å². The van der Waals surface area contributed by atoms with E-state index < -0.39 is 0 Å². The predicted molar refractivity (Wildman–Crippen MR) is 68.1 cm³/mol. The Morgan fingerprint density at radius 1 is 0.824 bits per heavy atom. The predicted octanol–water partition coefficient (Wildman–Crippen LogP) is 3.09. The molecule has 0 saturated carbocycles. The second-order valence-electron chi connectivity index (χ2n) is 3.35. The molecule has 0 saturated heterocycles. The molecule has 84 valence electrons. The molecule has 0 aliphatic rings. The Morgan fingerprint density at radius 3 is 2.00 bits per heavy atom. The number of amidine groups is 1. The van der Waals surface area contributed by atoms with Crippen molar-refractivity contribution >= 4 is 11.5 Å². The van der Waals surface area contributed by atoms with E-state index in [2.05, 4.69) is 15.3 Å². The van der Waals surface area contributed by atoms with Gasteiger partial charge in [-0.1, -0.05) is 48.5 Å². The number of benzene rings is 2. The summed E-state index contributed by atoms with van der Waals surface area (Å²) in [6.07, 6.45) is 0. The Bertz CT molecular complexity index is 518. The zero-order chi connectivity index (χ0) is 11.9. The number of hydrazone groups is 1. The standard InChI is InChI=1S/C13H12N4/c14-15-13(11-7-3-1-4-8-11)17-16-12-9-5-2-6-10-12/h1-10H,14H2/b15-13-,17-16?. The molecule has 4 heteroatoms. The summed E-state index contributed by atoms with van der Waals surface area (Å²) >= 11 is 0. The molecule has 2 aromatic carbocycles. The molecule has 0 aliphatic heterocycles. The van der Waals surface area contributed by atoms with Crippen LogP contribution in [0.2, 0.25) is 0 Å². The Balaban J connectivity index is 2.20. The van der Waals surface area contributed by atoms with Gasteiger partial charge in [-0.15, -0.1) is 10.2 Å². The summed E-state index contributed by atoms with van der Waals surface area (Å²) in [6.45, 7) is 0. The summed E-state index contributed by atoms with van der Waals surface area (Å²) in [7, 11) is 0. The maximum atomic E-state index is 5.30. The Morgan fingerprint density at radius 2 is 1.41 bits per heavy atom. The second-order valence-corrected chi connectivity index (χ2v) is 3.35. The highest BCUT2D eigenvalue weighted by Crippen LogP contribution is 2.11. The van der Waals surface area contributed by atoms with Crippen molar-refractivity contribution in [3.05, 3.63) is 66.2 Å². The molecule has 0 aromatic heterocycles. The van der Waals surface area contributed by atoms with Gasteiger partial charge in [0.2, 0.25) is 0 Å². The minimum Gasteiger partial charge on any atom is -0.321 e. The normalized spacial score (nSPS) is 11.9. The summed E-state index contributed by atoms with van der Waals surface area (Å²) in [4.78, 5) is 0. The fourth-order valence-electron chi connectivity index (χ4n) is 1.35. The lowest BCUT2D eigenvalue weighted by molar-refractivity contribution is 1.18.